The zero-order valence-corrected chi connectivity index (χ0v) is 17.3. The van der Waals surface area contributed by atoms with E-state index in [0.29, 0.717) is 17.1 Å². The van der Waals surface area contributed by atoms with Gasteiger partial charge in [-0.2, -0.15) is 5.10 Å². The van der Waals surface area contributed by atoms with Gasteiger partial charge in [0.1, 0.15) is 0 Å². The number of hydrogen-bond donors (Lipinski definition) is 1. The van der Waals surface area contributed by atoms with E-state index in [1.807, 2.05) is 19.9 Å². The number of ether oxygens (including phenoxy) is 2. The Balaban J connectivity index is 1.76. The molecule has 1 amide bonds. The van der Waals surface area contributed by atoms with Crippen LogP contribution in [0.25, 0.3) is 5.69 Å². The minimum Gasteiger partial charge on any atom is -0.493 e. The molecule has 0 aliphatic heterocycles. The summed E-state index contributed by atoms with van der Waals surface area (Å²) in [6.07, 6.45) is 1.66. The van der Waals surface area contributed by atoms with E-state index in [-0.39, 0.29) is 5.91 Å². The predicted octanol–water partition coefficient (Wildman–Crippen LogP) is 4.18. The van der Waals surface area contributed by atoms with Crippen LogP contribution in [0.15, 0.2) is 53.6 Å². The molecule has 0 atom stereocenters. The quantitative estimate of drug-likeness (QED) is 0.506. The monoisotopic (exact) mass is 391 g/mol. The molecule has 6 nitrogen and oxygen atoms in total. The number of hydrazone groups is 1. The van der Waals surface area contributed by atoms with E-state index < -0.39 is 0 Å². The maximum atomic E-state index is 12.4. The second-order valence-corrected chi connectivity index (χ2v) is 6.77. The van der Waals surface area contributed by atoms with Gasteiger partial charge in [-0.1, -0.05) is 17.7 Å². The summed E-state index contributed by atoms with van der Waals surface area (Å²) in [6, 6.07) is 15.4. The Labute approximate surface area is 170 Å². The van der Waals surface area contributed by atoms with Gasteiger partial charge >= 0.3 is 0 Å². The van der Waals surface area contributed by atoms with E-state index in [9.17, 15) is 4.79 Å². The molecule has 0 bridgehead atoms. The number of aryl methyl sites for hydroxylation is 2. The third-order valence-corrected chi connectivity index (χ3v) is 4.78. The van der Waals surface area contributed by atoms with Crippen LogP contribution < -0.4 is 14.9 Å². The minimum atomic E-state index is -0.324. The second kappa shape index (κ2) is 8.65. The van der Waals surface area contributed by atoms with Crippen molar-refractivity contribution in [3.05, 3.63) is 76.6 Å². The van der Waals surface area contributed by atoms with Crippen molar-refractivity contribution in [3.8, 4) is 17.2 Å². The number of nitrogens with one attached hydrogen (secondary N) is 1. The summed E-state index contributed by atoms with van der Waals surface area (Å²) in [4.78, 5) is 12.4. The molecular formula is C23H25N3O3. The van der Waals surface area contributed by atoms with E-state index in [4.69, 9.17) is 9.47 Å². The van der Waals surface area contributed by atoms with E-state index in [1.54, 1.807) is 31.5 Å². The highest BCUT2D eigenvalue weighted by Gasteiger charge is 2.11. The number of carbonyl (C=O) groups is 1. The lowest BCUT2D eigenvalue weighted by Gasteiger charge is -2.10. The summed E-state index contributed by atoms with van der Waals surface area (Å²) in [5.74, 6) is 0.733. The standard InChI is InChI=1S/C23H25N3O3/c1-15-6-9-20(10-7-15)26-16(2)12-19(17(26)3)14-24-25-23(27)18-8-11-21(28-4)22(13-18)29-5/h6-14H,1-5H3,(H,25,27)/b24-14+. The van der Waals surface area contributed by atoms with Gasteiger partial charge in [0.05, 0.1) is 20.4 Å². The summed E-state index contributed by atoms with van der Waals surface area (Å²) in [5, 5.41) is 4.13. The Hall–Kier alpha value is -3.54. The fraction of sp³-hybridized carbons (Fsp3) is 0.217. The molecule has 0 aliphatic carbocycles. The summed E-state index contributed by atoms with van der Waals surface area (Å²) in [5.41, 5.74) is 8.40. The third kappa shape index (κ3) is 4.32. The number of aromatic nitrogens is 1. The Morgan fingerprint density at radius 1 is 0.966 bits per heavy atom. The zero-order chi connectivity index (χ0) is 21.0. The molecule has 0 saturated carbocycles. The van der Waals surface area contributed by atoms with Crippen LogP contribution in [-0.2, 0) is 0 Å². The molecular weight excluding hydrogens is 366 g/mol. The van der Waals surface area contributed by atoms with Gasteiger partial charge in [-0.15, -0.1) is 0 Å². The second-order valence-electron chi connectivity index (χ2n) is 6.77. The van der Waals surface area contributed by atoms with Crippen LogP contribution in [0.1, 0.15) is 32.9 Å². The van der Waals surface area contributed by atoms with E-state index in [2.05, 4.69) is 46.3 Å². The van der Waals surface area contributed by atoms with Gasteiger partial charge in [0.2, 0.25) is 0 Å². The molecule has 1 N–H and O–H groups in total. The molecule has 0 unspecified atom stereocenters. The van der Waals surface area contributed by atoms with Crippen LogP contribution in [-0.4, -0.2) is 30.9 Å². The number of methoxy groups -OCH3 is 2. The van der Waals surface area contributed by atoms with Crippen molar-refractivity contribution >= 4 is 12.1 Å². The smallest absolute Gasteiger partial charge is 0.271 e. The molecule has 2 aromatic carbocycles. The number of nitrogens with zero attached hydrogens (tertiary/aromatic N) is 2. The Kier molecular flexibility index (Phi) is 6.02. The molecule has 1 heterocycles. The molecule has 6 heteroatoms. The third-order valence-electron chi connectivity index (χ3n) is 4.78. The molecule has 3 aromatic rings. The van der Waals surface area contributed by atoms with Crippen LogP contribution >= 0.6 is 0 Å². The maximum absolute atomic E-state index is 12.4. The summed E-state index contributed by atoms with van der Waals surface area (Å²) < 4.78 is 12.6. The molecule has 29 heavy (non-hydrogen) atoms. The molecule has 0 aliphatic rings. The van der Waals surface area contributed by atoms with Gasteiger partial charge < -0.3 is 14.0 Å². The Morgan fingerprint density at radius 3 is 2.31 bits per heavy atom. The van der Waals surface area contributed by atoms with Crippen LogP contribution in [0.4, 0.5) is 0 Å². The fourth-order valence-electron chi connectivity index (χ4n) is 3.21. The topological polar surface area (TPSA) is 64.8 Å². The Bertz CT molecular complexity index is 1050. The lowest BCUT2D eigenvalue weighted by Crippen LogP contribution is -2.17. The van der Waals surface area contributed by atoms with Crippen molar-refractivity contribution in [2.45, 2.75) is 20.8 Å². The number of benzene rings is 2. The molecule has 0 radical (unpaired) electrons. The lowest BCUT2D eigenvalue weighted by atomic mass is 10.2. The van der Waals surface area contributed by atoms with Crippen molar-refractivity contribution < 1.29 is 14.3 Å². The van der Waals surface area contributed by atoms with Crippen LogP contribution in [0, 0.1) is 20.8 Å². The van der Waals surface area contributed by atoms with Crippen molar-refractivity contribution in [3.63, 3.8) is 0 Å². The highest BCUT2D eigenvalue weighted by Crippen LogP contribution is 2.27. The lowest BCUT2D eigenvalue weighted by molar-refractivity contribution is 0.0954. The largest absolute Gasteiger partial charge is 0.493 e. The number of hydrogen-bond acceptors (Lipinski definition) is 4. The van der Waals surface area contributed by atoms with Gasteiger partial charge in [-0.05, 0) is 57.2 Å². The molecule has 0 spiro atoms. The fourth-order valence-corrected chi connectivity index (χ4v) is 3.21. The number of rotatable bonds is 6. The SMILES string of the molecule is COc1ccc(C(=O)N/N=C/c2cc(C)n(-c3ccc(C)cc3)c2C)cc1OC. The van der Waals surface area contributed by atoms with E-state index in [1.165, 1.54) is 12.7 Å². The Morgan fingerprint density at radius 2 is 1.66 bits per heavy atom. The van der Waals surface area contributed by atoms with E-state index >= 15 is 0 Å². The molecule has 150 valence electrons. The van der Waals surface area contributed by atoms with Gasteiger partial charge in [-0.25, -0.2) is 5.43 Å². The van der Waals surface area contributed by atoms with Crippen molar-refractivity contribution in [2.24, 2.45) is 5.10 Å². The van der Waals surface area contributed by atoms with Gasteiger partial charge in [0, 0.05) is 28.2 Å². The average Bonchev–Trinajstić information content (AvgIpc) is 3.01. The number of amides is 1. The van der Waals surface area contributed by atoms with Gasteiger partial charge in [-0.3, -0.25) is 4.79 Å². The van der Waals surface area contributed by atoms with Crippen molar-refractivity contribution in [1.82, 2.24) is 9.99 Å². The van der Waals surface area contributed by atoms with Crippen LogP contribution in [0.2, 0.25) is 0 Å². The molecule has 1 aromatic heterocycles. The summed E-state index contributed by atoms with van der Waals surface area (Å²) in [7, 11) is 3.08. The normalized spacial score (nSPS) is 10.9. The number of carbonyl (C=O) groups excluding carboxylic acids is 1. The first kappa shape index (κ1) is 20.2. The highest BCUT2D eigenvalue weighted by atomic mass is 16.5. The van der Waals surface area contributed by atoms with E-state index in [0.717, 1.165) is 22.6 Å². The molecule has 0 fully saturated rings. The minimum absolute atomic E-state index is 0.324. The first-order chi connectivity index (χ1) is 13.9. The van der Waals surface area contributed by atoms with Gasteiger partial charge in [0.25, 0.3) is 5.91 Å². The first-order valence-electron chi connectivity index (χ1n) is 9.26. The first-order valence-corrected chi connectivity index (χ1v) is 9.26. The van der Waals surface area contributed by atoms with Gasteiger partial charge in [0.15, 0.2) is 11.5 Å². The van der Waals surface area contributed by atoms with Crippen LogP contribution in [0.5, 0.6) is 11.5 Å². The van der Waals surface area contributed by atoms with Crippen molar-refractivity contribution in [2.75, 3.05) is 14.2 Å². The average molecular weight is 391 g/mol. The maximum Gasteiger partial charge on any atom is 0.271 e. The summed E-state index contributed by atoms with van der Waals surface area (Å²) in [6.45, 7) is 6.15. The summed E-state index contributed by atoms with van der Waals surface area (Å²) >= 11 is 0. The molecule has 0 saturated heterocycles. The van der Waals surface area contributed by atoms with Crippen molar-refractivity contribution in [1.29, 1.82) is 0 Å². The zero-order valence-electron chi connectivity index (χ0n) is 17.3. The predicted molar refractivity (Wildman–Crippen MR) is 115 cm³/mol. The highest BCUT2D eigenvalue weighted by molar-refractivity contribution is 5.95. The van der Waals surface area contributed by atoms with Crippen LogP contribution in [0.3, 0.4) is 0 Å². The molecule has 3 rings (SSSR count).